The molecule has 4 nitrogen and oxygen atoms in total. The second kappa shape index (κ2) is 3.45. The predicted molar refractivity (Wildman–Crippen MR) is 58.8 cm³/mol. The molecule has 1 aliphatic rings. The van der Waals surface area contributed by atoms with Gasteiger partial charge >= 0.3 is 0 Å². The van der Waals surface area contributed by atoms with Crippen molar-refractivity contribution < 1.29 is 4.74 Å². The minimum atomic E-state index is 0.0249. The van der Waals surface area contributed by atoms with E-state index in [0.29, 0.717) is 13.2 Å². The zero-order chi connectivity index (χ0) is 11.1. The van der Waals surface area contributed by atoms with Gasteiger partial charge in [0.25, 0.3) is 0 Å². The first kappa shape index (κ1) is 10.4. The highest BCUT2D eigenvalue weighted by molar-refractivity contribution is 5.50. The first-order chi connectivity index (χ1) is 7.04. The molecular weight excluding hydrogens is 190 g/mol. The van der Waals surface area contributed by atoms with Gasteiger partial charge in [-0.25, -0.2) is 0 Å². The quantitative estimate of drug-likeness (QED) is 0.763. The molecule has 0 bridgehead atoms. The maximum Gasteiger partial charge on any atom is 0.154 e. The normalized spacial score (nSPS) is 15.2. The van der Waals surface area contributed by atoms with Gasteiger partial charge in [0.1, 0.15) is 0 Å². The third-order valence-electron chi connectivity index (χ3n) is 2.63. The number of nitrogens with zero attached hydrogens (tertiary/aromatic N) is 2. The molecule has 2 heterocycles. The number of anilines is 1. The molecule has 2 rings (SSSR count). The molecule has 0 spiro atoms. The number of aromatic nitrogens is 2. The molecule has 1 N–H and O–H groups in total. The van der Waals surface area contributed by atoms with E-state index in [2.05, 4.69) is 36.3 Å². The van der Waals surface area contributed by atoms with Gasteiger partial charge in [-0.2, -0.15) is 5.10 Å². The fourth-order valence-electron chi connectivity index (χ4n) is 1.88. The Morgan fingerprint density at radius 3 is 2.40 bits per heavy atom. The number of ether oxygens (including phenoxy) is 1. The van der Waals surface area contributed by atoms with Crippen LogP contribution in [0.3, 0.4) is 0 Å². The minimum absolute atomic E-state index is 0.0249. The number of hydrogen-bond acceptors (Lipinski definition) is 4. The Kier molecular flexibility index (Phi) is 2.38. The third kappa shape index (κ3) is 1.69. The first-order valence-corrected chi connectivity index (χ1v) is 5.18. The molecule has 82 valence electrons. The summed E-state index contributed by atoms with van der Waals surface area (Å²) in [5, 5.41) is 11.5. The van der Waals surface area contributed by atoms with Crippen molar-refractivity contribution in [3.8, 4) is 0 Å². The van der Waals surface area contributed by atoms with Gasteiger partial charge in [0.2, 0.25) is 0 Å². The van der Waals surface area contributed by atoms with E-state index in [-0.39, 0.29) is 5.41 Å². The maximum absolute atomic E-state index is 5.47. The highest BCUT2D eigenvalue weighted by Crippen LogP contribution is 2.32. The van der Waals surface area contributed by atoms with Gasteiger partial charge in [-0.05, 0) is 0 Å². The van der Waals surface area contributed by atoms with Crippen LogP contribution in [0, 0.1) is 0 Å². The lowest BCUT2D eigenvalue weighted by molar-refractivity contribution is 0.134. The van der Waals surface area contributed by atoms with E-state index in [4.69, 9.17) is 4.74 Å². The molecule has 0 radical (unpaired) electrons. The lowest BCUT2D eigenvalue weighted by Gasteiger charge is -2.20. The van der Waals surface area contributed by atoms with Crippen LogP contribution in [0.4, 0.5) is 5.82 Å². The maximum atomic E-state index is 5.47. The fourth-order valence-corrected chi connectivity index (χ4v) is 1.88. The van der Waals surface area contributed by atoms with Gasteiger partial charge in [0.15, 0.2) is 5.82 Å². The zero-order valence-electron chi connectivity index (χ0n) is 9.72. The van der Waals surface area contributed by atoms with Crippen LogP contribution < -0.4 is 5.32 Å². The Morgan fingerprint density at radius 2 is 1.80 bits per heavy atom. The first-order valence-electron chi connectivity index (χ1n) is 5.18. The molecule has 4 heteroatoms. The molecule has 0 saturated heterocycles. The standard InChI is InChI=1S/C11H17N3O/c1-11(2,3)9-7-5-15-6-8(7)10(12-4)14-13-9/h5-6H2,1-4H3,(H,12,14). The van der Waals surface area contributed by atoms with Crippen molar-refractivity contribution in [2.75, 3.05) is 12.4 Å². The van der Waals surface area contributed by atoms with Crippen LogP contribution in [-0.2, 0) is 23.4 Å². The summed E-state index contributed by atoms with van der Waals surface area (Å²) in [5.74, 6) is 0.843. The summed E-state index contributed by atoms with van der Waals surface area (Å²) in [6.45, 7) is 7.74. The van der Waals surface area contributed by atoms with Crippen LogP contribution in [-0.4, -0.2) is 17.2 Å². The van der Waals surface area contributed by atoms with E-state index in [1.165, 1.54) is 5.56 Å². The van der Waals surface area contributed by atoms with Crippen LogP contribution >= 0.6 is 0 Å². The topological polar surface area (TPSA) is 47.0 Å². The van der Waals surface area contributed by atoms with E-state index in [1.54, 1.807) is 0 Å². The monoisotopic (exact) mass is 207 g/mol. The highest BCUT2D eigenvalue weighted by Gasteiger charge is 2.27. The minimum Gasteiger partial charge on any atom is -0.372 e. The molecule has 0 saturated carbocycles. The molecule has 15 heavy (non-hydrogen) atoms. The zero-order valence-corrected chi connectivity index (χ0v) is 9.72. The average molecular weight is 207 g/mol. The van der Waals surface area contributed by atoms with E-state index in [0.717, 1.165) is 17.1 Å². The SMILES string of the molecule is CNc1nnc(C(C)(C)C)c2c1COC2. The highest BCUT2D eigenvalue weighted by atomic mass is 16.5. The summed E-state index contributed by atoms with van der Waals surface area (Å²) in [7, 11) is 1.86. The molecule has 1 aromatic heterocycles. The largest absolute Gasteiger partial charge is 0.372 e. The predicted octanol–water partition coefficient (Wildman–Crippen LogP) is 1.85. The van der Waals surface area contributed by atoms with Crippen molar-refractivity contribution >= 4 is 5.82 Å². The summed E-state index contributed by atoms with van der Waals surface area (Å²) in [5.41, 5.74) is 3.45. The lowest BCUT2D eigenvalue weighted by Crippen LogP contribution is -2.18. The molecule has 0 amide bonds. The van der Waals surface area contributed by atoms with E-state index >= 15 is 0 Å². The molecule has 0 aliphatic carbocycles. The van der Waals surface area contributed by atoms with Crippen LogP contribution in [0.15, 0.2) is 0 Å². The van der Waals surface area contributed by atoms with Crippen LogP contribution in [0.5, 0.6) is 0 Å². The van der Waals surface area contributed by atoms with E-state index in [1.807, 2.05) is 7.05 Å². The fraction of sp³-hybridized carbons (Fsp3) is 0.636. The molecular formula is C11H17N3O. The van der Waals surface area contributed by atoms with Crippen molar-refractivity contribution in [2.45, 2.75) is 39.4 Å². The lowest BCUT2D eigenvalue weighted by atomic mass is 9.88. The Bertz CT molecular complexity index is 382. The van der Waals surface area contributed by atoms with Crippen molar-refractivity contribution in [2.24, 2.45) is 0 Å². The number of nitrogens with one attached hydrogen (secondary N) is 1. The molecule has 0 atom stereocenters. The number of rotatable bonds is 1. The molecule has 1 aromatic rings. The molecule has 0 aromatic carbocycles. The smallest absolute Gasteiger partial charge is 0.154 e. The van der Waals surface area contributed by atoms with E-state index < -0.39 is 0 Å². The number of hydrogen-bond donors (Lipinski definition) is 1. The van der Waals surface area contributed by atoms with Gasteiger partial charge < -0.3 is 10.1 Å². The van der Waals surface area contributed by atoms with Gasteiger partial charge in [-0.1, -0.05) is 20.8 Å². The van der Waals surface area contributed by atoms with Crippen molar-refractivity contribution in [3.05, 3.63) is 16.8 Å². The van der Waals surface area contributed by atoms with Crippen molar-refractivity contribution in [1.29, 1.82) is 0 Å². The average Bonchev–Trinajstić information content (AvgIpc) is 2.62. The second-order valence-corrected chi connectivity index (χ2v) is 4.85. The second-order valence-electron chi connectivity index (χ2n) is 4.85. The summed E-state index contributed by atoms with van der Waals surface area (Å²) in [6, 6.07) is 0. The summed E-state index contributed by atoms with van der Waals surface area (Å²) >= 11 is 0. The summed E-state index contributed by atoms with van der Waals surface area (Å²) < 4.78 is 5.47. The van der Waals surface area contributed by atoms with E-state index in [9.17, 15) is 0 Å². The van der Waals surface area contributed by atoms with Gasteiger partial charge in [-0.15, -0.1) is 5.10 Å². The van der Waals surface area contributed by atoms with Gasteiger partial charge in [-0.3, -0.25) is 0 Å². The van der Waals surface area contributed by atoms with Gasteiger partial charge in [0, 0.05) is 23.6 Å². The van der Waals surface area contributed by atoms with Crippen LogP contribution in [0.25, 0.3) is 0 Å². The number of fused-ring (bicyclic) bond motifs is 1. The molecule has 1 aliphatic heterocycles. The van der Waals surface area contributed by atoms with Crippen LogP contribution in [0.1, 0.15) is 37.6 Å². The third-order valence-corrected chi connectivity index (χ3v) is 2.63. The Hall–Kier alpha value is -1.16. The van der Waals surface area contributed by atoms with Gasteiger partial charge in [0.05, 0.1) is 18.9 Å². The molecule has 0 unspecified atom stereocenters. The Morgan fingerprint density at radius 1 is 1.13 bits per heavy atom. The Balaban J connectivity index is 2.57. The van der Waals surface area contributed by atoms with Crippen molar-refractivity contribution in [3.63, 3.8) is 0 Å². The summed E-state index contributed by atoms with van der Waals surface area (Å²) in [6.07, 6.45) is 0. The van der Waals surface area contributed by atoms with Crippen molar-refractivity contribution in [1.82, 2.24) is 10.2 Å². The Labute approximate surface area is 90.1 Å². The van der Waals surface area contributed by atoms with Crippen LogP contribution in [0.2, 0.25) is 0 Å². The summed E-state index contributed by atoms with van der Waals surface area (Å²) in [4.78, 5) is 0. The molecule has 0 fully saturated rings.